The van der Waals surface area contributed by atoms with Crippen molar-refractivity contribution in [2.45, 2.75) is 32.7 Å². The Morgan fingerprint density at radius 1 is 1.29 bits per heavy atom. The lowest BCUT2D eigenvalue weighted by molar-refractivity contribution is 0.0908. The Balaban J connectivity index is 2.07. The lowest BCUT2D eigenvalue weighted by Crippen LogP contribution is -2.38. The molecule has 0 saturated heterocycles. The lowest BCUT2D eigenvalue weighted by atomic mass is 10.0. The second-order valence-electron chi connectivity index (χ2n) is 5.69. The number of ether oxygens (including phenoxy) is 2. The van der Waals surface area contributed by atoms with Crippen molar-refractivity contribution in [3.8, 4) is 11.5 Å². The number of hydrogen-bond acceptors (Lipinski definition) is 4. The Morgan fingerprint density at radius 2 is 2.00 bits per heavy atom. The normalized spacial score (nSPS) is 15.4. The maximum absolute atomic E-state index is 12.2. The highest BCUT2D eigenvalue weighted by Crippen LogP contribution is 2.30. The van der Waals surface area contributed by atoms with Crippen molar-refractivity contribution in [1.29, 1.82) is 0 Å². The molecule has 0 bridgehead atoms. The molecule has 1 aromatic carbocycles. The minimum absolute atomic E-state index is 0.0610. The first-order valence-corrected chi connectivity index (χ1v) is 7.41. The van der Waals surface area contributed by atoms with Gasteiger partial charge in [-0.15, -0.1) is 0 Å². The van der Waals surface area contributed by atoms with E-state index in [-0.39, 0.29) is 18.6 Å². The fourth-order valence-corrected chi connectivity index (χ4v) is 2.32. The monoisotopic (exact) mass is 293 g/mol. The van der Waals surface area contributed by atoms with Gasteiger partial charge < -0.3 is 19.9 Å². The Bertz CT molecular complexity index is 487. The van der Waals surface area contributed by atoms with Gasteiger partial charge in [0.1, 0.15) is 0 Å². The van der Waals surface area contributed by atoms with E-state index in [1.807, 2.05) is 0 Å². The number of aliphatic hydroxyl groups excluding tert-OH is 1. The van der Waals surface area contributed by atoms with Crippen LogP contribution in [0.5, 0.6) is 11.5 Å². The van der Waals surface area contributed by atoms with Crippen LogP contribution in [-0.2, 0) is 0 Å². The molecule has 1 aliphatic heterocycles. The second-order valence-corrected chi connectivity index (χ2v) is 5.69. The van der Waals surface area contributed by atoms with E-state index in [1.54, 1.807) is 18.2 Å². The fraction of sp³-hybridized carbons (Fsp3) is 0.562. The van der Waals surface area contributed by atoms with E-state index in [0.717, 1.165) is 12.8 Å². The molecule has 1 unspecified atom stereocenters. The van der Waals surface area contributed by atoms with Gasteiger partial charge in [-0.05, 0) is 30.5 Å². The molecular formula is C16H23NO4. The highest BCUT2D eigenvalue weighted by atomic mass is 16.5. The lowest BCUT2D eigenvalue weighted by Gasteiger charge is -2.18. The maximum Gasteiger partial charge on any atom is 0.251 e. The van der Waals surface area contributed by atoms with Gasteiger partial charge in [-0.2, -0.15) is 0 Å². The molecule has 0 radical (unpaired) electrons. The van der Waals surface area contributed by atoms with Gasteiger partial charge in [-0.1, -0.05) is 13.8 Å². The third kappa shape index (κ3) is 4.36. The summed E-state index contributed by atoms with van der Waals surface area (Å²) in [4.78, 5) is 12.2. The highest BCUT2D eigenvalue weighted by Gasteiger charge is 2.17. The van der Waals surface area contributed by atoms with Crippen LogP contribution in [0.2, 0.25) is 0 Å². The van der Waals surface area contributed by atoms with Crippen molar-refractivity contribution in [3.63, 3.8) is 0 Å². The van der Waals surface area contributed by atoms with E-state index in [4.69, 9.17) is 9.47 Å². The summed E-state index contributed by atoms with van der Waals surface area (Å²) in [5, 5.41) is 12.2. The number of amides is 1. The molecule has 5 nitrogen and oxygen atoms in total. The summed E-state index contributed by atoms with van der Waals surface area (Å²) < 4.78 is 11.1. The molecule has 0 spiro atoms. The minimum Gasteiger partial charge on any atom is -0.490 e. The molecule has 21 heavy (non-hydrogen) atoms. The van der Waals surface area contributed by atoms with Crippen molar-refractivity contribution >= 4 is 5.91 Å². The summed E-state index contributed by atoms with van der Waals surface area (Å²) >= 11 is 0. The first-order valence-electron chi connectivity index (χ1n) is 7.41. The molecule has 1 amide bonds. The number of benzene rings is 1. The van der Waals surface area contributed by atoms with Gasteiger partial charge >= 0.3 is 0 Å². The topological polar surface area (TPSA) is 67.8 Å². The minimum atomic E-state index is -0.228. The second kappa shape index (κ2) is 7.31. The number of fused-ring (bicyclic) bond motifs is 1. The molecule has 2 N–H and O–H groups in total. The van der Waals surface area contributed by atoms with Crippen LogP contribution in [0.15, 0.2) is 18.2 Å². The van der Waals surface area contributed by atoms with Crippen LogP contribution >= 0.6 is 0 Å². The van der Waals surface area contributed by atoms with Crippen molar-refractivity contribution in [2.75, 3.05) is 19.8 Å². The van der Waals surface area contributed by atoms with E-state index < -0.39 is 0 Å². The average molecular weight is 293 g/mol. The Hall–Kier alpha value is -1.75. The molecule has 1 atom stereocenters. The molecule has 0 fully saturated rings. The number of rotatable bonds is 5. The number of hydrogen-bond donors (Lipinski definition) is 2. The molecule has 5 heteroatoms. The van der Waals surface area contributed by atoms with Gasteiger partial charge in [0.2, 0.25) is 0 Å². The zero-order chi connectivity index (χ0) is 15.2. The molecule has 0 aromatic heterocycles. The van der Waals surface area contributed by atoms with E-state index in [2.05, 4.69) is 19.2 Å². The van der Waals surface area contributed by atoms with Crippen LogP contribution < -0.4 is 14.8 Å². The van der Waals surface area contributed by atoms with E-state index in [9.17, 15) is 9.90 Å². The van der Waals surface area contributed by atoms with Crippen LogP contribution in [-0.4, -0.2) is 36.9 Å². The fourth-order valence-electron chi connectivity index (χ4n) is 2.32. The number of aliphatic hydroxyl groups is 1. The molecule has 116 valence electrons. The summed E-state index contributed by atoms with van der Waals surface area (Å²) in [6.45, 7) is 5.27. The van der Waals surface area contributed by atoms with Crippen LogP contribution in [0.4, 0.5) is 0 Å². The van der Waals surface area contributed by atoms with Gasteiger partial charge in [-0.3, -0.25) is 4.79 Å². The summed E-state index contributed by atoms with van der Waals surface area (Å²) in [6, 6.07) is 4.94. The number of nitrogens with one attached hydrogen (secondary N) is 1. The van der Waals surface area contributed by atoms with E-state index in [1.165, 1.54) is 0 Å². The Kier molecular flexibility index (Phi) is 5.44. The van der Waals surface area contributed by atoms with Gasteiger partial charge in [0.15, 0.2) is 11.5 Å². The molecule has 1 heterocycles. The van der Waals surface area contributed by atoms with Crippen molar-refractivity contribution in [2.24, 2.45) is 5.92 Å². The third-order valence-corrected chi connectivity index (χ3v) is 3.32. The summed E-state index contributed by atoms with van der Waals surface area (Å²) in [7, 11) is 0. The molecular weight excluding hydrogens is 270 g/mol. The summed E-state index contributed by atoms with van der Waals surface area (Å²) in [6.07, 6.45) is 1.57. The van der Waals surface area contributed by atoms with Gasteiger partial charge in [0, 0.05) is 12.0 Å². The standard InChI is InChI=1S/C16H23NO4/c1-11(2)8-13(10-18)17-16(19)12-4-5-14-15(9-12)21-7-3-6-20-14/h4-5,9,11,13,18H,3,6-8,10H2,1-2H3,(H,17,19). The predicted molar refractivity (Wildman–Crippen MR) is 79.8 cm³/mol. The SMILES string of the molecule is CC(C)CC(CO)NC(=O)c1ccc2c(c1)OCCCO2. The van der Waals surface area contributed by atoms with Gasteiger partial charge in [0.05, 0.1) is 25.9 Å². The molecule has 0 aliphatic carbocycles. The third-order valence-electron chi connectivity index (χ3n) is 3.32. The van der Waals surface area contributed by atoms with Crippen molar-refractivity contribution < 1.29 is 19.4 Å². The van der Waals surface area contributed by atoms with E-state index >= 15 is 0 Å². The van der Waals surface area contributed by atoms with Gasteiger partial charge in [-0.25, -0.2) is 0 Å². The Morgan fingerprint density at radius 3 is 2.67 bits per heavy atom. The average Bonchev–Trinajstić information content (AvgIpc) is 2.70. The smallest absolute Gasteiger partial charge is 0.251 e. The van der Waals surface area contributed by atoms with Gasteiger partial charge in [0.25, 0.3) is 5.91 Å². The van der Waals surface area contributed by atoms with Crippen molar-refractivity contribution in [1.82, 2.24) is 5.32 Å². The largest absolute Gasteiger partial charge is 0.490 e. The molecule has 0 saturated carbocycles. The number of carbonyl (C=O) groups excluding carboxylic acids is 1. The number of carbonyl (C=O) groups is 1. The zero-order valence-corrected chi connectivity index (χ0v) is 12.6. The van der Waals surface area contributed by atoms with E-state index in [0.29, 0.717) is 36.2 Å². The Labute approximate surface area is 125 Å². The maximum atomic E-state index is 12.2. The predicted octanol–water partition coefficient (Wildman–Crippen LogP) is 1.98. The summed E-state index contributed by atoms with van der Waals surface area (Å²) in [5.41, 5.74) is 0.515. The van der Waals surface area contributed by atoms with Crippen LogP contribution in [0.25, 0.3) is 0 Å². The first kappa shape index (κ1) is 15.6. The summed E-state index contributed by atoms with van der Waals surface area (Å²) in [5.74, 6) is 1.48. The van der Waals surface area contributed by atoms with Crippen LogP contribution in [0.1, 0.15) is 37.0 Å². The molecule has 2 rings (SSSR count). The van der Waals surface area contributed by atoms with Crippen LogP contribution in [0, 0.1) is 5.92 Å². The highest BCUT2D eigenvalue weighted by molar-refractivity contribution is 5.95. The molecule has 1 aromatic rings. The molecule has 1 aliphatic rings. The first-order chi connectivity index (χ1) is 10.1. The zero-order valence-electron chi connectivity index (χ0n) is 12.6. The van der Waals surface area contributed by atoms with Crippen LogP contribution in [0.3, 0.4) is 0 Å². The van der Waals surface area contributed by atoms with Crippen molar-refractivity contribution in [3.05, 3.63) is 23.8 Å². The quantitative estimate of drug-likeness (QED) is 0.871.